The Morgan fingerprint density at radius 1 is 1.16 bits per heavy atom. The Kier molecular flexibility index (Phi) is 10.6. The number of aryl methyl sites for hydroxylation is 1. The first-order valence-electron chi connectivity index (χ1n) is 13.6. The van der Waals surface area contributed by atoms with E-state index >= 15 is 4.39 Å². The number of nitrogens with two attached hydrogens (primary N) is 1. The summed E-state index contributed by atoms with van der Waals surface area (Å²) >= 11 is 0. The van der Waals surface area contributed by atoms with E-state index in [0.29, 0.717) is 23.7 Å². The molecule has 0 bridgehead atoms. The minimum absolute atomic E-state index is 0. The molecule has 2 N–H and O–H groups in total. The van der Waals surface area contributed by atoms with Gasteiger partial charge in [0, 0.05) is 17.2 Å². The van der Waals surface area contributed by atoms with E-state index in [4.69, 9.17) is 15.2 Å². The minimum Gasteiger partial charge on any atom is -0.493 e. The standard InChI is InChI=1S/C31H40FNO3.ClH/c1-4-6-9-14-36-28-18-23(21-10-7-8-11-21)15-20(3)30(28)24-16-25(22-12-13-22)31(32)26(17-24)27(33)19-29(34)35-5-2;/h4,15-18,21-22,27H,1,5-14,19,33H2,2-3H3;1H/t27-;/m0./s1. The van der Waals surface area contributed by atoms with E-state index < -0.39 is 12.0 Å². The second kappa shape index (κ2) is 13.4. The van der Waals surface area contributed by atoms with Gasteiger partial charge in [0.15, 0.2) is 0 Å². The van der Waals surface area contributed by atoms with Gasteiger partial charge in [-0.15, -0.1) is 19.0 Å². The van der Waals surface area contributed by atoms with Gasteiger partial charge in [0.05, 0.1) is 19.6 Å². The summed E-state index contributed by atoms with van der Waals surface area (Å²) in [5.41, 5.74) is 11.8. The molecule has 202 valence electrons. The van der Waals surface area contributed by atoms with Crippen LogP contribution in [0.3, 0.4) is 0 Å². The third-order valence-electron chi connectivity index (χ3n) is 7.48. The highest BCUT2D eigenvalue weighted by atomic mass is 35.5. The number of esters is 1. The molecular formula is C31H41ClFNO3. The normalized spacial score (nSPS) is 16.2. The lowest BCUT2D eigenvalue weighted by atomic mass is 9.88. The Labute approximate surface area is 227 Å². The highest BCUT2D eigenvalue weighted by Gasteiger charge is 2.31. The molecule has 0 amide bonds. The maximum atomic E-state index is 15.6. The largest absolute Gasteiger partial charge is 0.493 e. The van der Waals surface area contributed by atoms with Gasteiger partial charge < -0.3 is 15.2 Å². The summed E-state index contributed by atoms with van der Waals surface area (Å²) < 4.78 is 27.1. The maximum Gasteiger partial charge on any atom is 0.307 e. The van der Waals surface area contributed by atoms with Gasteiger partial charge in [0.2, 0.25) is 0 Å². The van der Waals surface area contributed by atoms with Gasteiger partial charge in [-0.05, 0) is 105 Å². The summed E-state index contributed by atoms with van der Waals surface area (Å²) in [6.07, 6.45) is 10.5. The van der Waals surface area contributed by atoms with Crippen molar-refractivity contribution in [1.82, 2.24) is 0 Å². The molecule has 2 saturated carbocycles. The van der Waals surface area contributed by atoms with E-state index in [0.717, 1.165) is 48.1 Å². The molecule has 2 fully saturated rings. The molecule has 37 heavy (non-hydrogen) atoms. The molecule has 2 aromatic rings. The topological polar surface area (TPSA) is 61.5 Å². The average Bonchev–Trinajstić information content (AvgIpc) is 3.54. The Hall–Kier alpha value is -2.37. The molecule has 4 nitrogen and oxygen atoms in total. The number of allylic oxidation sites excluding steroid dienone is 1. The van der Waals surface area contributed by atoms with Crippen LogP contribution in [0.15, 0.2) is 36.9 Å². The number of rotatable bonds is 12. The van der Waals surface area contributed by atoms with Gasteiger partial charge in [0.1, 0.15) is 11.6 Å². The van der Waals surface area contributed by atoms with Crippen LogP contribution in [-0.2, 0) is 9.53 Å². The van der Waals surface area contributed by atoms with Crippen molar-refractivity contribution < 1.29 is 18.7 Å². The molecule has 2 aliphatic rings. The number of ether oxygens (including phenoxy) is 2. The monoisotopic (exact) mass is 529 g/mol. The van der Waals surface area contributed by atoms with Gasteiger partial charge in [-0.1, -0.05) is 25.0 Å². The third-order valence-corrected chi connectivity index (χ3v) is 7.48. The van der Waals surface area contributed by atoms with Crippen LogP contribution < -0.4 is 10.5 Å². The molecule has 1 atom stereocenters. The van der Waals surface area contributed by atoms with Crippen molar-refractivity contribution in [3.05, 3.63) is 65.0 Å². The Balaban J connectivity index is 0.00000380. The summed E-state index contributed by atoms with van der Waals surface area (Å²) in [6, 6.07) is 7.50. The second-order valence-corrected chi connectivity index (χ2v) is 10.3. The Morgan fingerprint density at radius 3 is 2.54 bits per heavy atom. The first kappa shape index (κ1) is 29.2. The van der Waals surface area contributed by atoms with Crippen molar-refractivity contribution in [3.63, 3.8) is 0 Å². The van der Waals surface area contributed by atoms with Crippen molar-refractivity contribution in [2.24, 2.45) is 5.73 Å². The fourth-order valence-corrected chi connectivity index (χ4v) is 5.46. The van der Waals surface area contributed by atoms with E-state index in [1.54, 1.807) is 6.92 Å². The quantitative estimate of drug-likeness (QED) is 0.171. The predicted molar refractivity (Wildman–Crippen MR) is 150 cm³/mol. The first-order valence-corrected chi connectivity index (χ1v) is 13.6. The third kappa shape index (κ3) is 7.14. The lowest BCUT2D eigenvalue weighted by Crippen LogP contribution is -2.19. The smallest absolute Gasteiger partial charge is 0.307 e. The summed E-state index contributed by atoms with van der Waals surface area (Å²) in [7, 11) is 0. The number of carbonyl (C=O) groups is 1. The fourth-order valence-electron chi connectivity index (χ4n) is 5.46. The van der Waals surface area contributed by atoms with E-state index in [1.165, 1.54) is 31.2 Å². The number of halogens is 2. The van der Waals surface area contributed by atoms with Crippen LogP contribution in [0, 0.1) is 12.7 Å². The van der Waals surface area contributed by atoms with Crippen molar-refractivity contribution in [2.45, 2.75) is 89.5 Å². The molecule has 0 aromatic heterocycles. The molecule has 4 rings (SSSR count). The highest BCUT2D eigenvalue weighted by molar-refractivity contribution is 5.85. The Morgan fingerprint density at radius 2 is 1.89 bits per heavy atom. The van der Waals surface area contributed by atoms with E-state index in [1.807, 2.05) is 18.2 Å². The van der Waals surface area contributed by atoms with Crippen LogP contribution in [0.1, 0.15) is 105 Å². The highest BCUT2D eigenvalue weighted by Crippen LogP contribution is 2.46. The first-order chi connectivity index (χ1) is 17.4. The number of unbranched alkanes of at least 4 members (excludes halogenated alkanes) is 1. The Bertz CT molecular complexity index is 1090. The van der Waals surface area contributed by atoms with Crippen LogP contribution in [0.25, 0.3) is 11.1 Å². The molecule has 0 heterocycles. The van der Waals surface area contributed by atoms with Gasteiger partial charge >= 0.3 is 5.97 Å². The molecule has 0 saturated heterocycles. The zero-order chi connectivity index (χ0) is 25.7. The summed E-state index contributed by atoms with van der Waals surface area (Å²) in [5, 5.41) is 0. The summed E-state index contributed by atoms with van der Waals surface area (Å²) in [4.78, 5) is 12.1. The van der Waals surface area contributed by atoms with Crippen molar-refractivity contribution >= 4 is 18.4 Å². The van der Waals surface area contributed by atoms with Crippen LogP contribution >= 0.6 is 12.4 Å². The van der Waals surface area contributed by atoms with Crippen LogP contribution in [0.4, 0.5) is 4.39 Å². The molecule has 0 spiro atoms. The molecular weight excluding hydrogens is 489 g/mol. The summed E-state index contributed by atoms with van der Waals surface area (Å²) in [6.45, 7) is 8.56. The summed E-state index contributed by atoms with van der Waals surface area (Å²) in [5.74, 6) is 0.919. The lowest BCUT2D eigenvalue weighted by Gasteiger charge is -2.21. The molecule has 0 radical (unpaired) electrons. The van der Waals surface area contributed by atoms with Crippen LogP contribution in [0.2, 0.25) is 0 Å². The van der Waals surface area contributed by atoms with Crippen LogP contribution in [-0.4, -0.2) is 19.2 Å². The minimum atomic E-state index is -0.767. The molecule has 6 heteroatoms. The van der Waals surface area contributed by atoms with E-state index in [9.17, 15) is 4.79 Å². The number of hydrogen-bond acceptors (Lipinski definition) is 4. The van der Waals surface area contributed by atoms with E-state index in [2.05, 4.69) is 25.6 Å². The van der Waals surface area contributed by atoms with Crippen molar-refractivity contribution in [1.29, 1.82) is 0 Å². The fraction of sp³-hybridized carbons (Fsp3) is 0.516. The zero-order valence-corrected chi connectivity index (χ0v) is 23.0. The SMILES string of the molecule is C=CCCCOc1cc(C2CCCC2)cc(C)c1-c1cc(C2CC2)c(F)c([C@@H](N)CC(=O)OCC)c1.Cl. The van der Waals surface area contributed by atoms with Crippen molar-refractivity contribution in [3.8, 4) is 16.9 Å². The predicted octanol–water partition coefficient (Wildman–Crippen LogP) is 8.06. The molecule has 0 aliphatic heterocycles. The molecule has 2 aliphatic carbocycles. The van der Waals surface area contributed by atoms with Gasteiger partial charge in [0.25, 0.3) is 0 Å². The molecule has 0 unspecified atom stereocenters. The van der Waals surface area contributed by atoms with Gasteiger partial charge in [-0.2, -0.15) is 0 Å². The van der Waals surface area contributed by atoms with Crippen LogP contribution in [0.5, 0.6) is 5.75 Å². The average molecular weight is 530 g/mol. The molecule has 2 aromatic carbocycles. The number of hydrogen-bond donors (Lipinski definition) is 1. The van der Waals surface area contributed by atoms with Gasteiger partial charge in [-0.25, -0.2) is 4.39 Å². The van der Waals surface area contributed by atoms with E-state index in [-0.39, 0.29) is 37.2 Å². The second-order valence-electron chi connectivity index (χ2n) is 10.3. The number of benzene rings is 2. The van der Waals surface area contributed by atoms with Gasteiger partial charge in [-0.3, -0.25) is 4.79 Å². The zero-order valence-electron chi connectivity index (χ0n) is 22.2. The lowest BCUT2D eigenvalue weighted by molar-refractivity contribution is -0.143. The maximum absolute atomic E-state index is 15.6. The van der Waals surface area contributed by atoms with Crippen molar-refractivity contribution in [2.75, 3.05) is 13.2 Å². The number of carbonyl (C=O) groups excluding carboxylic acids is 1.